The van der Waals surface area contributed by atoms with Crippen molar-refractivity contribution in [2.75, 3.05) is 49.5 Å². The van der Waals surface area contributed by atoms with Gasteiger partial charge in [0.05, 0.1) is 5.92 Å². The minimum absolute atomic E-state index is 0.00791. The summed E-state index contributed by atoms with van der Waals surface area (Å²) >= 11 is 0. The zero-order valence-electron chi connectivity index (χ0n) is 19.2. The molecule has 0 aromatic heterocycles. The molecule has 2 aliphatic heterocycles. The molecule has 1 atom stereocenters. The molecule has 2 saturated heterocycles. The maximum atomic E-state index is 12.9. The number of nitrogens with one attached hydrogen (secondary N) is 1. The molecule has 3 amide bonds. The molecule has 2 fully saturated rings. The summed E-state index contributed by atoms with van der Waals surface area (Å²) in [6, 6.07) is 17.3. The molecular formula is C26H32N4O3. The number of piperazine rings is 1. The Morgan fingerprint density at radius 2 is 1.67 bits per heavy atom. The normalized spacial score (nSPS) is 18.5. The monoisotopic (exact) mass is 448 g/mol. The van der Waals surface area contributed by atoms with Crippen LogP contribution in [0.25, 0.3) is 0 Å². The van der Waals surface area contributed by atoms with Gasteiger partial charge >= 0.3 is 0 Å². The molecule has 2 aromatic carbocycles. The highest BCUT2D eigenvalue weighted by Gasteiger charge is 2.33. The first-order valence-corrected chi connectivity index (χ1v) is 11.8. The maximum absolute atomic E-state index is 12.9. The fourth-order valence-corrected chi connectivity index (χ4v) is 4.44. The van der Waals surface area contributed by atoms with Gasteiger partial charge in [-0.2, -0.15) is 0 Å². The van der Waals surface area contributed by atoms with Crippen molar-refractivity contribution in [3.8, 4) is 0 Å². The lowest BCUT2D eigenvalue weighted by molar-refractivity contribution is -0.128. The number of nitrogens with zero attached hydrogens (tertiary/aromatic N) is 3. The number of carbonyl (C=O) groups excluding carboxylic acids is 3. The number of hydrogen-bond donors (Lipinski definition) is 1. The third kappa shape index (κ3) is 5.53. The standard InChI is InChI=1S/C26H32N4O3/c1-2-3-13-30-19-21(18-24(30)31)25(32)27-22-11-9-20(10-12-22)26(33)29-16-14-28(15-17-29)23-7-5-4-6-8-23/h4-12,21H,2-3,13-19H2,1H3,(H,27,32). The van der Waals surface area contributed by atoms with Crippen LogP contribution in [0.15, 0.2) is 54.6 Å². The van der Waals surface area contributed by atoms with Crippen molar-refractivity contribution in [3.05, 3.63) is 60.2 Å². The molecular weight excluding hydrogens is 416 g/mol. The smallest absolute Gasteiger partial charge is 0.253 e. The average Bonchev–Trinajstić information content (AvgIpc) is 3.24. The molecule has 0 spiro atoms. The first kappa shape index (κ1) is 22.8. The van der Waals surface area contributed by atoms with E-state index in [-0.39, 0.29) is 30.1 Å². The van der Waals surface area contributed by atoms with Crippen LogP contribution in [0.4, 0.5) is 11.4 Å². The number of unbranched alkanes of at least 4 members (excludes halogenated alkanes) is 1. The minimum atomic E-state index is -0.323. The van der Waals surface area contributed by atoms with E-state index in [4.69, 9.17) is 0 Å². The third-order valence-electron chi connectivity index (χ3n) is 6.45. The molecule has 2 aliphatic rings. The summed E-state index contributed by atoms with van der Waals surface area (Å²) in [4.78, 5) is 43.6. The Morgan fingerprint density at radius 3 is 2.33 bits per heavy atom. The van der Waals surface area contributed by atoms with Crippen molar-refractivity contribution >= 4 is 29.1 Å². The fraction of sp³-hybridized carbons (Fsp3) is 0.423. The lowest BCUT2D eigenvalue weighted by Gasteiger charge is -2.36. The fourth-order valence-electron chi connectivity index (χ4n) is 4.44. The molecule has 4 rings (SSSR count). The summed E-state index contributed by atoms with van der Waals surface area (Å²) in [7, 11) is 0. The molecule has 7 heteroatoms. The van der Waals surface area contributed by atoms with Crippen LogP contribution in [0, 0.1) is 5.92 Å². The van der Waals surface area contributed by atoms with Crippen molar-refractivity contribution in [1.29, 1.82) is 0 Å². The van der Waals surface area contributed by atoms with Crippen molar-refractivity contribution in [3.63, 3.8) is 0 Å². The first-order valence-electron chi connectivity index (χ1n) is 11.8. The Balaban J connectivity index is 1.28. The van der Waals surface area contributed by atoms with Gasteiger partial charge in [-0.3, -0.25) is 14.4 Å². The van der Waals surface area contributed by atoms with Crippen molar-refractivity contribution in [2.45, 2.75) is 26.2 Å². The summed E-state index contributed by atoms with van der Waals surface area (Å²) in [5, 5.41) is 2.90. The number of anilines is 2. The van der Waals surface area contributed by atoms with Crippen LogP contribution < -0.4 is 10.2 Å². The van der Waals surface area contributed by atoms with E-state index in [0.29, 0.717) is 30.9 Å². The number of amides is 3. The summed E-state index contributed by atoms with van der Waals surface area (Å²) in [6.45, 7) is 6.25. The Bertz CT molecular complexity index is 969. The predicted octanol–water partition coefficient (Wildman–Crippen LogP) is 3.24. The van der Waals surface area contributed by atoms with Gasteiger partial charge in [0.25, 0.3) is 5.91 Å². The zero-order chi connectivity index (χ0) is 23.2. The van der Waals surface area contributed by atoms with E-state index in [0.717, 1.165) is 32.5 Å². The quantitative estimate of drug-likeness (QED) is 0.706. The molecule has 7 nitrogen and oxygen atoms in total. The zero-order valence-corrected chi connectivity index (χ0v) is 19.2. The SMILES string of the molecule is CCCCN1CC(C(=O)Nc2ccc(C(=O)N3CCN(c4ccccc4)CC3)cc2)CC1=O. The molecule has 2 heterocycles. The number of benzene rings is 2. The van der Waals surface area contributed by atoms with E-state index >= 15 is 0 Å². The van der Waals surface area contributed by atoms with Crippen LogP contribution in [0.2, 0.25) is 0 Å². The second-order valence-electron chi connectivity index (χ2n) is 8.78. The molecule has 0 aliphatic carbocycles. The molecule has 0 radical (unpaired) electrons. The van der Waals surface area contributed by atoms with Gasteiger partial charge in [-0.05, 0) is 42.8 Å². The number of para-hydroxylation sites is 1. The largest absolute Gasteiger partial charge is 0.368 e. The van der Waals surface area contributed by atoms with E-state index in [9.17, 15) is 14.4 Å². The summed E-state index contributed by atoms with van der Waals surface area (Å²) in [5.41, 5.74) is 2.44. The van der Waals surface area contributed by atoms with Gasteiger partial charge < -0.3 is 20.0 Å². The van der Waals surface area contributed by atoms with Crippen LogP contribution in [0.5, 0.6) is 0 Å². The van der Waals surface area contributed by atoms with Crippen LogP contribution in [0.1, 0.15) is 36.5 Å². The molecule has 0 saturated carbocycles. The van der Waals surface area contributed by atoms with E-state index in [1.54, 1.807) is 29.2 Å². The van der Waals surface area contributed by atoms with Crippen LogP contribution in [-0.4, -0.2) is 66.8 Å². The minimum Gasteiger partial charge on any atom is -0.368 e. The van der Waals surface area contributed by atoms with Gasteiger partial charge in [0.2, 0.25) is 11.8 Å². The Labute approximate surface area is 195 Å². The summed E-state index contributed by atoms with van der Waals surface area (Å²) < 4.78 is 0. The van der Waals surface area contributed by atoms with Gasteiger partial charge in [0.1, 0.15) is 0 Å². The topological polar surface area (TPSA) is 73.0 Å². The lowest BCUT2D eigenvalue weighted by atomic mass is 10.1. The number of rotatable bonds is 7. The van der Waals surface area contributed by atoms with E-state index < -0.39 is 0 Å². The highest BCUT2D eigenvalue weighted by Crippen LogP contribution is 2.21. The highest BCUT2D eigenvalue weighted by molar-refractivity contribution is 5.98. The second-order valence-corrected chi connectivity index (χ2v) is 8.78. The summed E-state index contributed by atoms with van der Waals surface area (Å²) in [5.74, 6) is -0.402. The third-order valence-corrected chi connectivity index (χ3v) is 6.45. The molecule has 1 N–H and O–H groups in total. The lowest BCUT2D eigenvalue weighted by Crippen LogP contribution is -2.48. The van der Waals surface area contributed by atoms with Gasteiger partial charge in [0.15, 0.2) is 0 Å². The van der Waals surface area contributed by atoms with E-state index in [2.05, 4.69) is 29.3 Å². The second kappa shape index (κ2) is 10.5. The molecule has 0 bridgehead atoms. The van der Waals surface area contributed by atoms with Crippen molar-refractivity contribution in [2.24, 2.45) is 5.92 Å². The van der Waals surface area contributed by atoms with Crippen molar-refractivity contribution in [1.82, 2.24) is 9.80 Å². The van der Waals surface area contributed by atoms with Gasteiger partial charge in [-0.15, -0.1) is 0 Å². The predicted molar refractivity (Wildman–Crippen MR) is 129 cm³/mol. The van der Waals surface area contributed by atoms with Crippen molar-refractivity contribution < 1.29 is 14.4 Å². The van der Waals surface area contributed by atoms with E-state index in [1.165, 1.54) is 5.69 Å². The molecule has 2 aromatic rings. The first-order chi connectivity index (χ1) is 16.0. The Hall–Kier alpha value is -3.35. The molecule has 33 heavy (non-hydrogen) atoms. The number of likely N-dealkylation sites (tertiary alicyclic amines) is 1. The van der Waals surface area contributed by atoms with Gasteiger partial charge in [0, 0.05) is 62.6 Å². The Morgan fingerprint density at radius 1 is 0.970 bits per heavy atom. The molecule has 1 unspecified atom stereocenters. The number of hydrogen-bond acceptors (Lipinski definition) is 4. The molecule has 174 valence electrons. The van der Waals surface area contributed by atoms with Crippen LogP contribution in [0.3, 0.4) is 0 Å². The average molecular weight is 449 g/mol. The Kier molecular flexibility index (Phi) is 7.27. The van der Waals surface area contributed by atoms with Gasteiger partial charge in [-0.1, -0.05) is 31.5 Å². The maximum Gasteiger partial charge on any atom is 0.253 e. The van der Waals surface area contributed by atoms with Crippen LogP contribution in [-0.2, 0) is 9.59 Å². The van der Waals surface area contributed by atoms with E-state index in [1.807, 2.05) is 23.1 Å². The van der Waals surface area contributed by atoms with Gasteiger partial charge in [-0.25, -0.2) is 0 Å². The number of carbonyl (C=O) groups is 3. The highest BCUT2D eigenvalue weighted by atomic mass is 16.2. The van der Waals surface area contributed by atoms with Crippen LogP contribution >= 0.6 is 0 Å². The summed E-state index contributed by atoms with van der Waals surface area (Å²) in [6.07, 6.45) is 2.24.